The van der Waals surface area contributed by atoms with Gasteiger partial charge in [0.15, 0.2) is 11.8 Å². The first-order valence-corrected chi connectivity index (χ1v) is 11.0. The van der Waals surface area contributed by atoms with Gasteiger partial charge < -0.3 is 9.26 Å². The number of ether oxygens (including phenoxy) is 1. The number of hydrogen-bond donors (Lipinski definition) is 0. The summed E-state index contributed by atoms with van der Waals surface area (Å²) in [6.45, 7) is 2.49. The van der Waals surface area contributed by atoms with Crippen molar-refractivity contribution in [3.8, 4) is 17.1 Å². The number of aromatic nitrogens is 2. The summed E-state index contributed by atoms with van der Waals surface area (Å²) in [7, 11) is 0. The predicted molar refractivity (Wildman–Crippen MR) is 120 cm³/mol. The molecular formula is C23H19N4O4S+. The number of rotatable bonds is 6. The Morgan fingerprint density at radius 1 is 1.12 bits per heavy atom. The molecular weight excluding hydrogens is 428 g/mol. The first-order valence-electron chi connectivity index (χ1n) is 10.1. The number of benzene rings is 2. The minimum Gasteiger partial charge on any atom is -0.494 e. The molecule has 3 amide bonds. The first-order chi connectivity index (χ1) is 15.7. The van der Waals surface area contributed by atoms with Gasteiger partial charge in [0.1, 0.15) is 17.1 Å². The molecule has 1 atom stereocenters. The second-order valence-corrected chi connectivity index (χ2v) is 8.11. The molecule has 160 valence electrons. The Morgan fingerprint density at radius 2 is 1.91 bits per heavy atom. The van der Waals surface area contributed by atoms with Gasteiger partial charge in [-0.25, -0.2) is 4.79 Å². The van der Waals surface area contributed by atoms with Gasteiger partial charge in [0.05, 0.1) is 6.61 Å². The van der Waals surface area contributed by atoms with Crippen LogP contribution >= 0.6 is 11.8 Å². The van der Waals surface area contributed by atoms with E-state index in [4.69, 9.17) is 9.26 Å². The molecule has 1 aromatic heterocycles. The van der Waals surface area contributed by atoms with E-state index in [0.29, 0.717) is 29.6 Å². The molecule has 0 saturated heterocycles. The highest BCUT2D eigenvalue weighted by molar-refractivity contribution is 8.04. The van der Waals surface area contributed by atoms with Gasteiger partial charge in [-0.05, 0) is 42.7 Å². The van der Waals surface area contributed by atoms with Crippen LogP contribution in [0.4, 0.5) is 10.5 Å². The monoisotopic (exact) mass is 447 g/mol. The zero-order valence-corrected chi connectivity index (χ0v) is 18.0. The quantitative estimate of drug-likeness (QED) is 0.530. The number of amides is 3. The number of fused-ring (bicyclic) bond motifs is 1. The van der Waals surface area contributed by atoms with Crippen LogP contribution in [0, 0.1) is 0 Å². The average molecular weight is 447 g/mol. The van der Waals surface area contributed by atoms with Gasteiger partial charge in [-0.1, -0.05) is 35.5 Å². The molecule has 3 heterocycles. The van der Waals surface area contributed by atoms with Crippen molar-refractivity contribution in [3.63, 3.8) is 0 Å². The predicted octanol–water partition coefficient (Wildman–Crippen LogP) is 3.88. The van der Waals surface area contributed by atoms with Crippen molar-refractivity contribution in [2.24, 2.45) is 0 Å². The van der Waals surface area contributed by atoms with E-state index >= 15 is 0 Å². The SMILES string of the molecule is CCOc1ccc(N2C(=O)C3SC=CC3=[N+](Cc3nc(-c4ccccc4)no3)C2=O)cc1. The fourth-order valence-corrected chi connectivity index (χ4v) is 4.56. The third-order valence-corrected chi connectivity index (χ3v) is 6.11. The zero-order chi connectivity index (χ0) is 22.1. The first kappa shape index (κ1) is 20.2. The van der Waals surface area contributed by atoms with Crippen LogP contribution in [0.1, 0.15) is 12.8 Å². The van der Waals surface area contributed by atoms with Crippen molar-refractivity contribution in [2.75, 3.05) is 11.5 Å². The highest BCUT2D eigenvalue weighted by Crippen LogP contribution is 2.32. The van der Waals surface area contributed by atoms with E-state index in [-0.39, 0.29) is 18.3 Å². The van der Waals surface area contributed by atoms with Crippen LogP contribution in [0.2, 0.25) is 0 Å². The van der Waals surface area contributed by atoms with Crippen LogP contribution in [-0.2, 0) is 11.3 Å². The van der Waals surface area contributed by atoms with E-state index in [0.717, 1.165) is 5.56 Å². The fourth-order valence-electron chi connectivity index (χ4n) is 3.62. The minimum absolute atomic E-state index is 0.0657. The molecule has 0 aliphatic carbocycles. The van der Waals surface area contributed by atoms with Gasteiger partial charge in [0.2, 0.25) is 5.82 Å². The summed E-state index contributed by atoms with van der Waals surface area (Å²) in [5, 5.41) is 5.35. The number of thioether (sulfide) groups is 1. The van der Waals surface area contributed by atoms with Crippen LogP contribution in [0.25, 0.3) is 11.4 Å². The summed E-state index contributed by atoms with van der Waals surface area (Å²) in [4.78, 5) is 32.2. The molecule has 2 aliphatic rings. The minimum atomic E-state index is -0.504. The lowest BCUT2D eigenvalue weighted by Crippen LogP contribution is -2.55. The number of carbonyl (C=O) groups is 2. The molecule has 0 bridgehead atoms. The normalized spacial score (nSPS) is 17.8. The molecule has 0 radical (unpaired) electrons. The number of nitrogens with zero attached hydrogens (tertiary/aromatic N) is 4. The summed E-state index contributed by atoms with van der Waals surface area (Å²) >= 11 is 1.37. The molecule has 3 aromatic rings. The Bertz CT molecular complexity index is 1230. The van der Waals surface area contributed by atoms with Crippen molar-refractivity contribution in [1.29, 1.82) is 0 Å². The second kappa shape index (κ2) is 8.43. The van der Waals surface area contributed by atoms with Crippen LogP contribution in [-0.4, -0.2) is 44.2 Å². The topological polar surface area (TPSA) is 88.5 Å². The Balaban J connectivity index is 1.46. The van der Waals surface area contributed by atoms with Crippen molar-refractivity contribution in [2.45, 2.75) is 18.7 Å². The lowest BCUT2D eigenvalue weighted by atomic mass is 10.1. The van der Waals surface area contributed by atoms with Crippen molar-refractivity contribution >= 4 is 35.1 Å². The number of allylic oxidation sites excluding steroid dienone is 1. The summed E-state index contributed by atoms with van der Waals surface area (Å²) in [5.74, 6) is 1.13. The molecule has 0 saturated carbocycles. The van der Waals surface area contributed by atoms with Crippen LogP contribution in [0.3, 0.4) is 0 Å². The lowest BCUT2D eigenvalue weighted by Gasteiger charge is -2.23. The third kappa shape index (κ3) is 3.60. The average Bonchev–Trinajstić information content (AvgIpc) is 3.49. The lowest BCUT2D eigenvalue weighted by molar-refractivity contribution is -0.448. The molecule has 1 unspecified atom stereocenters. The van der Waals surface area contributed by atoms with Gasteiger partial charge in [0, 0.05) is 5.56 Å². The molecule has 8 nitrogen and oxygen atoms in total. The maximum Gasteiger partial charge on any atom is 0.506 e. The van der Waals surface area contributed by atoms with Crippen molar-refractivity contribution in [3.05, 3.63) is 72.0 Å². The molecule has 0 fully saturated rings. The molecule has 2 aromatic carbocycles. The molecule has 2 aliphatic heterocycles. The second-order valence-electron chi connectivity index (χ2n) is 7.09. The fraction of sp³-hybridized carbons (Fsp3) is 0.174. The number of urea groups is 1. The summed E-state index contributed by atoms with van der Waals surface area (Å²) in [5.41, 5.74) is 1.92. The molecule has 0 spiro atoms. The highest BCUT2D eigenvalue weighted by atomic mass is 32.2. The Morgan fingerprint density at radius 3 is 2.66 bits per heavy atom. The van der Waals surface area contributed by atoms with Gasteiger partial charge in [-0.15, -0.1) is 16.7 Å². The van der Waals surface area contributed by atoms with Crippen LogP contribution in [0.15, 0.2) is 70.6 Å². The van der Waals surface area contributed by atoms with Crippen molar-refractivity contribution < 1.29 is 23.4 Å². The number of carbonyl (C=O) groups excluding carboxylic acids is 2. The van der Waals surface area contributed by atoms with Gasteiger partial charge >= 0.3 is 11.9 Å². The molecule has 0 N–H and O–H groups in total. The third-order valence-electron chi connectivity index (χ3n) is 5.10. The Labute approximate surface area is 188 Å². The summed E-state index contributed by atoms with van der Waals surface area (Å²) < 4.78 is 12.4. The molecule has 5 rings (SSSR count). The molecule has 9 heteroatoms. The van der Waals surface area contributed by atoms with E-state index < -0.39 is 11.3 Å². The number of hydrogen-bond acceptors (Lipinski definition) is 7. The zero-order valence-electron chi connectivity index (χ0n) is 17.2. The van der Waals surface area contributed by atoms with E-state index in [1.54, 1.807) is 30.3 Å². The van der Waals surface area contributed by atoms with E-state index in [1.807, 2.05) is 42.7 Å². The van der Waals surface area contributed by atoms with E-state index in [1.165, 1.54) is 21.2 Å². The largest absolute Gasteiger partial charge is 0.506 e. The maximum absolute atomic E-state index is 13.4. The van der Waals surface area contributed by atoms with E-state index in [2.05, 4.69) is 10.1 Å². The molecule has 32 heavy (non-hydrogen) atoms. The number of imide groups is 1. The smallest absolute Gasteiger partial charge is 0.494 e. The van der Waals surface area contributed by atoms with Crippen LogP contribution in [0.5, 0.6) is 5.75 Å². The van der Waals surface area contributed by atoms with Gasteiger partial charge in [-0.3, -0.25) is 0 Å². The highest BCUT2D eigenvalue weighted by Gasteiger charge is 2.50. The standard InChI is InChI=1S/C23H19N4O4S/c1-2-30-17-10-8-16(9-11-17)27-22(28)20-18(12-13-32-20)26(23(27)29)14-19-24-21(25-31-19)15-6-4-3-5-7-15/h3-13,20H,2,14H2,1H3/q+1. The Kier molecular flexibility index (Phi) is 5.32. The van der Waals surface area contributed by atoms with Crippen molar-refractivity contribution in [1.82, 2.24) is 10.1 Å². The van der Waals surface area contributed by atoms with Gasteiger partial charge in [0.25, 0.3) is 5.89 Å². The van der Waals surface area contributed by atoms with Crippen LogP contribution < -0.4 is 9.64 Å². The number of anilines is 1. The summed E-state index contributed by atoms with van der Waals surface area (Å²) in [6, 6.07) is 15.9. The maximum atomic E-state index is 13.4. The Hall–Kier alpha value is -3.72. The summed E-state index contributed by atoms with van der Waals surface area (Å²) in [6.07, 6.45) is 1.79. The van der Waals surface area contributed by atoms with E-state index in [9.17, 15) is 9.59 Å². The van der Waals surface area contributed by atoms with Gasteiger partial charge in [-0.2, -0.15) is 14.4 Å².